The van der Waals surface area contributed by atoms with E-state index in [2.05, 4.69) is 0 Å². The highest BCUT2D eigenvalue weighted by Crippen LogP contribution is 2.36. The minimum absolute atomic E-state index is 0.127. The molecule has 1 heterocycles. The first-order valence-corrected chi connectivity index (χ1v) is 12.5. The number of benzene rings is 4. The average Bonchev–Trinajstić information content (AvgIpc) is 3.21. The van der Waals surface area contributed by atoms with Crippen LogP contribution in [0.2, 0.25) is 0 Å². The van der Waals surface area contributed by atoms with Gasteiger partial charge in [-0.3, -0.25) is 24.6 Å². The summed E-state index contributed by atoms with van der Waals surface area (Å²) in [6.45, 7) is 0.157. The van der Waals surface area contributed by atoms with E-state index >= 15 is 0 Å². The second kappa shape index (κ2) is 10.8. The van der Waals surface area contributed by atoms with Crippen molar-refractivity contribution in [3.63, 3.8) is 0 Å². The Balaban J connectivity index is 1.33. The van der Waals surface area contributed by atoms with Gasteiger partial charge in [-0.25, -0.2) is 4.79 Å². The van der Waals surface area contributed by atoms with Crippen LogP contribution in [0.5, 0.6) is 11.5 Å². The summed E-state index contributed by atoms with van der Waals surface area (Å²) in [6, 6.07) is 23.3. The maximum absolute atomic E-state index is 13.1. The Labute approximate surface area is 226 Å². The molecule has 0 N–H and O–H groups in total. The van der Waals surface area contributed by atoms with Crippen molar-refractivity contribution in [2.24, 2.45) is 0 Å². The Bertz CT molecular complexity index is 1660. The van der Waals surface area contributed by atoms with Crippen molar-refractivity contribution >= 4 is 51.4 Å². The van der Waals surface area contributed by atoms with Crippen molar-refractivity contribution in [2.45, 2.75) is 6.54 Å². The summed E-state index contributed by atoms with van der Waals surface area (Å²) in [7, 11) is 1.40. The molecular formula is C29H20N2O7S. The molecule has 4 aromatic carbocycles. The van der Waals surface area contributed by atoms with Crippen LogP contribution in [-0.2, 0) is 11.3 Å². The Morgan fingerprint density at radius 3 is 2.46 bits per heavy atom. The number of nitrogens with zero attached hydrogens (tertiary/aromatic N) is 2. The van der Waals surface area contributed by atoms with Crippen molar-refractivity contribution in [2.75, 3.05) is 7.11 Å². The van der Waals surface area contributed by atoms with E-state index in [9.17, 15) is 24.5 Å². The second-order valence-electron chi connectivity index (χ2n) is 8.51. The van der Waals surface area contributed by atoms with Crippen LogP contribution in [-0.4, -0.2) is 34.0 Å². The van der Waals surface area contributed by atoms with Crippen LogP contribution >= 0.6 is 11.8 Å². The van der Waals surface area contributed by atoms with E-state index in [4.69, 9.17) is 9.47 Å². The molecule has 1 aliphatic rings. The number of nitro benzene ring substituents is 1. The van der Waals surface area contributed by atoms with Gasteiger partial charge in [0.1, 0.15) is 0 Å². The fourth-order valence-corrected chi connectivity index (χ4v) is 4.96. The molecule has 10 heteroatoms. The minimum Gasteiger partial charge on any atom is -0.493 e. The molecule has 2 amide bonds. The van der Waals surface area contributed by atoms with Gasteiger partial charge in [-0.05, 0) is 64.0 Å². The fourth-order valence-electron chi connectivity index (χ4n) is 4.12. The van der Waals surface area contributed by atoms with Gasteiger partial charge < -0.3 is 9.47 Å². The van der Waals surface area contributed by atoms with Crippen LogP contribution in [0.15, 0.2) is 89.8 Å². The van der Waals surface area contributed by atoms with Gasteiger partial charge >= 0.3 is 5.97 Å². The van der Waals surface area contributed by atoms with Gasteiger partial charge in [-0.1, -0.05) is 48.5 Å². The normalized spacial score (nSPS) is 14.2. The van der Waals surface area contributed by atoms with Crippen LogP contribution in [0.25, 0.3) is 16.8 Å². The minimum atomic E-state index is -0.717. The zero-order valence-electron chi connectivity index (χ0n) is 20.5. The lowest BCUT2D eigenvalue weighted by Crippen LogP contribution is -2.27. The van der Waals surface area contributed by atoms with Crippen LogP contribution in [0.3, 0.4) is 0 Å². The van der Waals surface area contributed by atoms with Crippen LogP contribution < -0.4 is 9.47 Å². The number of amides is 2. The number of imide groups is 1. The first kappa shape index (κ1) is 25.7. The molecule has 0 atom stereocenters. The van der Waals surface area contributed by atoms with E-state index in [0.29, 0.717) is 5.56 Å². The first-order chi connectivity index (χ1) is 18.8. The van der Waals surface area contributed by atoms with Crippen LogP contribution in [0.4, 0.5) is 10.5 Å². The number of fused-ring (bicyclic) bond motifs is 1. The number of esters is 1. The number of ether oxygens (including phenoxy) is 2. The summed E-state index contributed by atoms with van der Waals surface area (Å²) >= 11 is 0.854. The van der Waals surface area contributed by atoms with Crippen molar-refractivity contribution in [3.05, 3.63) is 117 Å². The summed E-state index contributed by atoms with van der Waals surface area (Å²) in [5.74, 6) is -0.757. The van der Waals surface area contributed by atoms with Crippen LogP contribution in [0, 0.1) is 10.1 Å². The smallest absolute Gasteiger partial charge is 0.343 e. The molecule has 0 radical (unpaired) electrons. The zero-order chi connectivity index (χ0) is 27.5. The van der Waals surface area contributed by atoms with Crippen molar-refractivity contribution in [1.82, 2.24) is 4.90 Å². The maximum atomic E-state index is 13.1. The number of nitro groups is 1. The maximum Gasteiger partial charge on any atom is 0.343 e. The van der Waals surface area contributed by atoms with Gasteiger partial charge in [0.05, 0.1) is 29.0 Å². The molecule has 0 unspecified atom stereocenters. The summed E-state index contributed by atoms with van der Waals surface area (Å²) < 4.78 is 10.8. The van der Waals surface area contributed by atoms with Crippen molar-refractivity contribution in [3.8, 4) is 11.5 Å². The Kier molecular flexibility index (Phi) is 7.11. The topological polar surface area (TPSA) is 116 Å². The van der Waals surface area contributed by atoms with E-state index in [0.717, 1.165) is 28.1 Å². The molecule has 194 valence electrons. The summed E-state index contributed by atoms with van der Waals surface area (Å²) in [5, 5.41) is 12.5. The standard InChI is InChI=1S/C29H20N2O7S/c1-37-25-15-18(9-14-24(25)38-28(33)20-10-12-22(13-11-20)31(35)36)16-26-27(32)30(29(34)39-26)17-21-7-4-6-19-5-2-3-8-23(19)21/h2-16H,17H2,1H3/b26-16-. The molecule has 0 bridgehead atoms. The summed E-state index contributed by atoms with van der Waals surface area (Å²) in [4.78, 5) is 50.1. The molecular weight excluding hydrogens is 520 g/mol. The molecule has 0 aliphatic carbocycles. The molecule has 5 rings (SSSR count). The predicted molar refractivity (Wildman–Crippen MR) is 147 cm³/mol. The van der Waals surface area contributed by atoms with Gasteiger partial charge in [0.15, 0.2) is 11.5 Å². The second-order valence-corrected chi connectivity index (χ2v) is 9.50. The summed E-state index contributed by atoms with van der Waals surface area (Å²) in [6.07, 6.45) is 1.58. The van der Waals surface area contributed by atoms with Gasteiger partial charge in [0.2, 0.25) is 0 Å². The number of carbonyl (C=O) groups excluding carboxylic acids is 3. The Hall–Kier alpha value is -4.96. The molecule has 0 aromatic heterocycles. The highest BCUT2D eigenvalue weighted by atomic mass is 32.2. The highest BCUT2D eigenvalue weighted by Gasteiger charge is 2.35. The third kappa shape index (κ3) is 5.36. The summed E-state index contributed by atoms with van der Waals surface area (Å²) in [5.41, 5.74) is 1.43. The monoisotopic (exact) mass is 540 g/mol. The predicted octanol–water partition coefficient (Wildman–Crippen LogP) is 6.21. The third-order valence-electron chi connectivity index (χ3n) is 6.08. The van der Waals surface area contributed by atoms with Gasteiger partial charge in [0.25, 0.3) is 16.8 Å². The first-order valence-electron chi connectivity index (χ1n) is 11.7. The number of hydrogen-bond donors (Lipinski definition) is 0. The third-order valence-corrected chi connectivity index (χ3v) is 6.99. The van der Waals surface area contributed by atoms with Gasteiger partial charge in [0, 0.05) is 12.1 Å². The molecule has 1 saturated heterocycles. The van der Waals surface area contributed by atoms with E-state index < -0.39 is 16.8 Å². The van der Waals surface area contributed by atoms with Gasteiger partial charge in [-0.15, -0.1) is 0 Å². The van der Waals surface area contributed by atoms with Crippen molar-refractivity contribution in [1.29, 1.82) is 0 Å². The van der Waals surface area contributed by atoms with E-state index in [1.54, 1.807) is 18.2 Å². The number of rotatable bonds is 7. The average molecular weight is 541 g/mol. The Morgan fingerprint density at radius 2 is 1.72 bits per heavy atom. The number of hydrogen-bond acceptors (Lipinski definition) is 8. The fraction of sp³-hybridized carbons (Fsp3) is 0.0690. The molecule has 9 nitrogen and oxygen atoms in total. The number of carbonyl (C=O) groups is 3. The molecule has 1 aliphatic heterocycles. The molecule has 39 heavy (non-hydrogen) atoms. The molecule has 4 aromatic rings. The SMILES string of the molecule is COc1cc(/C=C2\SC(=O)N(Cc3cccc4ccccc34)C2=O)ccc1OC(=O)c1ccc([N+](=O)[O-])cc1. The molecule has 1 fully saturated rings. The largest absolute Gasteiger partial charge is 0.493 e. The number of non-ortho nitro benzene ring substituents is 1. The van der Waals surface area contributed by atoms with Gasteiger partial charge in [-0.2, -0.15) is 0 Å². The lowest BCUT2D eigenvalue weighted by atomic mass is 10.0. The quantitative estimate of drug-likeness (QED) is 0.0893. The zero-order valence-corrected chi connectivity index (χ0v) is 21.3. The highest BCUT2D eigenvalue weighted by molar-refractivity contribution is 8.18. The van der Waals surface area contributed by atoms with Crippen molar-refractivity contribution < 1.29 is 28.8 Å². The molecule has 0 saturated carbocycles. The Morgan fingerprint density at radius 1 is 0.974 bits per heavy atom. The lowest BCUT2D eigenvalue weighted by Gasteiger charge is -2.14. The van der Waals surface area contributed by atoms with E-state index in [1.165, 1.54) is 42.3 Å². The van der Waals surface area contributed by atoms with E-state index in [-0.39, 0.29) is 39.4 Å². The molecule has 0 spiro atoms. The number of thioether (sulfide) groups is 1. The van der Waals surface area contributed by atoms with E-state index in [1.807, 2.05) is 42.5 Å². The lowest BCUT2D eigenvalue weighted by molar-refractivity contribution is -0.384. The van der Waals surface area contributed by atoms with Crippen LogP contribution in [0.1, 0.15) is 21.5 Å². The number of methoxy groups -OCH3 is 1.